The van der Waals surface area contributed by atoms with E-state index in [1.807, 2.05) is 0 Å². The van der Waals surface area contributed by atoms with E-state index in [0.29, 0.717) is 10.7 Å². The monoisotopic (exact) mass is 372 g/mol. The van der Waals surface area contributed by atoms with Crippen LogP contribution in [-0.4, -0.2) is 32.8 Å². The van der Waals surface area contributed by atoms with E-state index < -0.39 is 0 Å². The maximum Gasteiger partial charge on any atom is 0.257 e. The van der Waals surface area contributed by atoms with Crippen LogP contribution in [0.1, 0.15) is 53.5 Å². The molecular weight excluding hydrogens is 352 g/mol. The average molecular weight is 372 g/mol. The molecule has 1 aliphatic heterocycles. The van der Waals surface area contributed by atoms with Crippen molar-refractivity contribution in [3.8, 4) is 0 Å². The number of nitrogens with one attached hydrogen (secondary N) is 1. The number of hydrogen-bond acceptors (Lipinski definition) is 6. The molecule has 1 aromatic carbocycles. The summed E-state index contributed by atoms with van der Waals surface area (Å²) in [7, 11) is 0. The molecule has 0 aliphatic carbocycles. The van der Waals surface area contributed by atoms with Crippen LogP contribution in [0.5, 0.6) is 0 Å². The lowest BCUT2D eigenvalue weighted by Gasteiger charge is -2.13. The Morgan fingerprint density at radius 1 is 1.15 bits per heavy atom. The highest BCUT2D eigenvalue weighted by Crippen LogP contribution is 2.19. The summed E-state index contributed by atoms with van der Waals surface area (Å²) in [5, 5.41) is 12.2. The molecule has 0 radical (unpaired) electrons. The molecule has 3 amide bonds. The minimum Gasteiger partial charge on any atom is -0.296 e. The van der Waals surface area contributed by atoms with Crippen molar-refractivity contribution in [3.63, 3.8) is 0 Å². The summed E-state index contributed by atoms with van der Waals surface area (Å²) in [5.74, 6) is -0.554. The standard InChI is InChI=1S/C18H20N4O3S/c1-2-3-4-14-20-21-18(26-14)19-17(25)13-7-5-12(6-8-13)11-22-15(23)9-10-16(22)24/h5-8H,2-4,9-11H2,1H3,(H,19,21,25). The van der Waals surface area contributed by atoms with Crippen molar-refractivity contribution in [3.05, 3.63) is 40.4 Å². The van der Waals surface area contributed by atoms with Crippen LogP contribution in [0, 0.1) is 0 Å². The van der Waals surface area contributed by atoms with Gasteiger partial charge in [0, 0.05) is 24.8 Å². The summed E-state index contributed by atoms with van der Waals surface area (Å²) >= 11 is 1.38. The van der Waals surface area contributed by atoms with E-state index >= 15 is 0 Å². The van der Waals surface area contributed by atoms with Crippen LogP contribution in [0.25, 0.3) is 0 Å². The Bertz CT molecular complexity index is 800. The molecule has 26 heavy (non-hydrogen) atoms. The Morgan fingerprint density at radius 2 is 1.85 bits per heavy atom. The molecule has 0 saturated carbocycles. The first-order chi connectivity index (χ1) is 12.6. The zero-order valence-corrected chi connectivity index (χ0v) is 15.3. The molecule has 0 spiro atoms. The second-order valence-corrected chi connectivity index (χ2v) is 7.19. The highest BCUT2D eigenvalue weighted by atomic mass is 32.1. The first kappa shape index (κ1) is 18.2. The highest BCUT2D eigenvalue weighted by Gasteiger charge is 2.28. The Hall–Kier alpha value is -2.61. The summed E-state index contributed by atoms with van der Waals surface area (Å²) in [6.45, 7) is 2.36. The van der Waals surface area contributed by atoms with Crippen molar-refractivity contribution >= 4 is 34.2 Å². The van der Waals surface area contributed by atoms with Crippen molar-refractivity contribution in [2.24, 2.45) is 0 Å². The zero-order chi connectivity index (χ0) is 18.5. The number of carbonyl (C=O) groups is 3. The normalized spacial score (nSPS) is 14.1. The van der Waals surface area contributed by atoms with Gasteiger partial charge in [-0.25, -0.2) is 0 Å². The summed E-state index contributed by atoms with van der Waals surface area (Å²) < 4.78 is 0. The zero-order valence-electron chi connectivity index (χ0n) is 14.5. The highest BCUT2D eigenvalue weighted by molar-refractivity contribution is 7.15. The van der Waals surface area contributed by atoms with Gasteiger partial charge in [-0.2, -0.15) is 0 Å². The first-order valence-corrected chi connectivity index (χ1v) is 9.44. The number of amides is 3. The Balaban J connectivity index is 1.59. The molecule has 2 heterocycles. The molecule has 1 aliphatic rings. The van der Waals surface area contributed by atoms with Crippen molar-refractivity contribution in [1.82, 2.24) is 15.1 Å². The minimum absolute atomic E-state index is 0.146. The van der Waals surface area contributed by atoms with Gasteiger partial charge < -0.3 is 0 Å². The van der Waals surface area contributed by atoms with Crippen LogP contribution >= 0.6 is 11.3 Å². The summed E-state index contributed by atoms with van der Waals surface area (Å²) in [4.78, 5) is 36.9. The van der Waals surface area contributed by atoms with Crippen LogP contribution in [0.3, 0.4) is 0 Å². The minimum atomic E-state index is -0.261. The van der Waals surface area contributed by atoms with E-state index in [0.717, 1.165) is 29.8 Å². The van der Waals surface area contributed by atoms with Gasteiger partial charge in [-0.3, -0.25) is 24.6 Å². The van der Waals surface area contributed by atoms with Crippen LogP contribution in [-0.2, 0) is 22.6 Å². The third-order valence-electron chi connectivity index (χ3n) is 4.14. The fraction of sp³-hybridized carbons (Fsp3) is 0.389. The lowest BCUT2D eigenvalue weighted by Crippen LogP contribution is -2.28. The molecule has 3 rings (SSSR count). The molecule has 1 fully saturated rings. The number of benzene rings is 1. The number of carbonyl (C=O) groups excluding carboxylic acids is 3. The maximum atomic E-state index is 12.3. The van der Waals surface area contributed by atoms with Crippen molar-refractivity contribution < 1.29 is 14.4 Å². The van der Waals surface area contributed by atoms with Gasteiger partial charge in [-0.15, -0.1) is 10.2 Å². The number of unbranched alkanes of at least 4 members (excludes halogenated alkanes) is 1. The number of hydrogen-bond donors (Lipinski definition) is 1. The molecule has 0 bridgehead atoms. The van der Waals surface area contributed by atoms with Crippen molar-refractivity contribution in [1.29, 1.82) is 0 Å². The lowest BCUT2D eigenvalue weighted by molar-refractivity contribution is -0.139. The van der Waals surface area contributed by atoms with E-state index in [1.54, 1.807) is 24.3 Å². The fourth-order valence-corrected chi connectivity index (χ4v) is 3.42. The van der Waals surface area contributed by atoms with Crippen molar-refractivity contribution in [2.45, 2.75) is 45.6 Å². The number of nitrogens with zero attached hydrogens (tertiary/aromatic N) is 3. The maximum absolute atomic E-state index is 12.3. The third-order valence-corrected chi connectivity index (χ3v) is 5.04. The van der Waals surface area contributed by atoms with Gasteiger partial charge in [0.1, 0.15) is 5.01 Å². The second kappa shape index (κ2) is 8.18. The number of likely N-dealkylation sites (tertiary alicyclic amines) is 1. The van der Waals surface area contributed by atoms with Gasteiger partial charge in [0.25, 0.3) is 5.91 Å². The first-order valence-electron chi connectivity index (χ1n) is 8.62. The average Bonchev–Trinajstić information content (AvgIpc) is 3.21. The van der Waals surface area contributed by atoms with E-state index in [2.05, 4.69) is 22.4 Å². The SMILES string of the molecule is CCCCc1nnc(NC(=O)c2ccc(CN3C(=O)CCC3=O)cc2)s1. The molecule has 7 nitrogen and oxygen atoms in total. The van der Waals surface area contributed by atoms with E-state index in [9.17, 15) is 14.4 Å². The largest absolute Gasteiger partial charge is 0.296 e. The molecule has 2 aromatic rings. The predicted molar refractivity (Wildman–Crippen MR) is 97.7 cm³/mol. The van der Waals surface area contributed by atoms with E-state index in [1.165, 1.54) is 16.2 Å². The van der Waals surface area contributed by atoms with Gasteiger partial charge in [-0.1, -0.05) is 36.8 Å². The molecule has 1 saturated heterocycles. The molecule has 8 heteroatoms. The van der Waals surface area contributed by atoms with Gasteiger partial charge in [0.2, 0.25) is 16.9 Å². The van der Waals surface area contributed by atoms with Crippen LogP contribution in [0.4, 0.5) is 5.13 Å². The summed E-state index contributed by atoms with van der Waals surface area (Å²) in [6, 6.07) is 6.85. The van der Waals surface area contributed by atoms with Crippen LogP contribution < -0.4 is 5.32 Å². The van der Waals surface area contributed by atoms with Gasteiger partial charge in [0.05, 0.1) is 6.54 Å². The Kier molecular flexibility index (Phi) is 5.72. The molecule has 1 aromatic heterocycles. The number of imide groups is 1. The molecule has 1 N–H and O–H groups in total. The second-order valence-electron chi connectivity index (χ2n) is 6.13. The molecule has 136 valence electrons. The molecule has 0 unspecified atom stereocenters. The third kappa shape index (κ3) is 4.32. The van der Waals surface area contributed by atoms with Crippen molar-refractivity contribution in [2.75, 3.05) is 5.32 Å². The lowest BCUT2D eigenvalue weighted by atomic mass is 10.1. The number of aryl methyl sites for hydroxylation is 1. The predicted octanol–water partition coefficient (Wildman–Crippen LogP) is 2.78. The number of rotatable bonds is 7. The molecule has 0 atom stereocenters. The van der Waals surface area contributed by atoms with E-state index in [-0.39, 0.29) is 37.1 Å². The van der Waals surface area contributed by atoms with Gasteiger partial charge >= 0.3 is 0 Å². The van der Waals surface area contributed by atoms with Crippen LogP contribution in [0.15, 0.2) is 24.3 Å². The Labute approximate surface area is 155 Å². The van der Waals surface area contributed by atoms with Crippen LogP contribution in [0.2, 0.25) is 0 Å². The fourth-order valence-electron chi connectivity index (χ4n) is 2.65. The van der Waals surface area contributed by atoms with E-state index in [4.69, 9.17) is 0 Å². The quantitative estimate of drug-likeness (QED) is 0.755. The Morgan fingerprint density at radius 3 is 2.50 bits per heavy atom. The van der Waals surface area contributed by atoms with Gasteiger partial charge in [0.15, 0.2) is 0 Å². The van der Waals surface area contributed by atoms with Gasteiger partial charge in [-0.05, 0) is 24.1 Å². The molecular formula is C18H20N4O3S. The number of anilines is 1. The summed E-state index contributed by atoms with van der Waals surface area (Å²) in [5.41, 5.74) is 1.29. The summed E-state index contributed by atoms with van der Waals surface area (Å²) in [6.07, 6.45) is 3.56. The number of aromatic nitrogens is 2. The topological polar surface area (TPSA) is 92.3 Å². The smallest absolute Gasteiger partial charge is 0.257 e.